The van der Waals surface area contributed by atoms with Gasteiger partial charge in [0.2, 0.25) is 5.95 Å². The van der Waals surface area contributed by atoms with Gasteiger partial charge in [-0.2, -0.15) is 10.4 Å². The standard InChI is InChI=1S/C26H25FN8O3/c1-17(14-35-16-29-15-33-35)38-23-9-18(3-4-20(23)11-28)21-12-31-26(32-13-21)34-22-6-5-19(10-24(22)37-2)25(36)30-8-7-27/h3-6,9-10,12-13,15-17H,7-8,14H2,1-2H3,(H,30,36)(H,31,32,34). The van der Waals surface area contributed by atoms with E-state index in [1.165, 1.54) is 13.4 Å². The Hall–Kier alpha value is -5.05. The molecule has 0 fully saturated rings. The van der Waals surface area contributed by atoms with Crippen LogP contribution in [0.3, 0.4) is 0 Å². The van der Waals surface area contributed by atoms with Crippen LogP contribution in [-0.2, 0) is 6.54 Å². The van der Waals surface area contributed by atoms with Gasteiger partial charge in [-0.1, -0.05) is 6.07 Å². The molecule has 4 aromatic rings. The summed E-state index contributed by atoms with van der Waals surface area (Å²) >= 11 is 0. The number of nitrogens with one attached hydrogen (secondary N) is 2. The molecule has 0 aliphatic heterocycles. The molecule has 0 spiro atoms. The van der Waals surface area contributed by atoms with Crippen LogP contribution < -0.4 is 20.1 Å². The van der Waals surface area contributed by atoms with Gasteiger partial charge in [-0.25, -0.2) is 24.0 Å². The highest BCUT2D eigenvalue weighted by Gasteiger charge is 2.14. The van der Waals surface area contributed by atoms with Gasteiger partial charge in [0.15, 0.2) is 0 Å². The van der Waals surface area contributed by atoms with E-state index in [9.17, 15) is 14.4 Å². The molecule has 0 saturated heterocycles. The molecular formula is C26H25FN8O3. The third kappa shape index (κ3) is 6.38. The lowest BCUT2D eigenvalue weighted by Gasteiger charge is -2.16. The zero-order valence-electron chi connectivity index (χ0n) is 20.8. The van der Waals surface area contributed by atoms with Crippen LogP contribution in [0.15, 0.2) is 61.4 Å². The first kappa shape index (κ1) is 26.0. The Morgan fingerprint density at radius 2 is 1.97 bits per heavy atom. The Labute approximate surface area is 218 Å². The largest absolute Gasteiger partial charge is 0.495 e. The monoisotopic (exact) mass is 516 g/mol. The van der Waals surface area contributed by atoms with E-state index >= 15 is 0 Å². The van der Waals surface area contributed by atoms with E-state index in [-0.39, 0.29) is 12.6 Å². The summed E-state index contributed by atoms with van der Waals surface area (Å²) < 4.78 is 25.4. The molecule has 0 bridgehead atoms. The molecular weight excluding hydrogens is 491 g/mol. The van der Waals surface area contributed by atoms with Crippen molar-refractivity contribution in [3.63, 3.8) is 0 Å². The molecule has 2 aromatic heterocycles. The summed E-state index contributed by atoms with van der Waals surface area (Å²) in [4.78, 5) is 24.8. The number of methoxy groups -OCH3 is 1. The van der Waals surface area contributed by atoms with E-state index in [0.29, 0.717) is 40.8 Å². The van der Waals surface area contributed by atoms with Gasteiger partial charge in [-0.3, -0.25) is 4.79 Å². The van der Waals surface area contributed by atoms with E-state index in [2.05, 4.69) is 36.8 Å². The van der Waals surface area contributed by atoms with Gasteiger partial charge in [-0.05, 0) is 42.8 Å². The predicted octanol–water partition coefficient (Wildman–Crippen LogP) is 3.53. The molecule has 4 rings (SSSR count). The van der Waals surface area contributed by atoms with Crippen molar-refractivity contribution in [1.29, 1.82) is 5.26 Å². The van der Waals surface area contributed by atoms with Crippen LogP contribution in [0.4, 0.5) is 16.0 Å². The highest BCUT2D eigenvalue weighted by atomic mass is 19.1. The van der Waals surface area contributed by atoms with Gasteiger partial charge in [0.25, 0.3) is 5.91 Å². The number of amides is 1. The Balaban J connectivity index is 1.48. The minimum absolute atomic E-state index is 0.0593. The Morgan fingerprint density at radius 1 is 1.16 bits per heavy atom. The van der Waals surface area contributed by atoms with Gasteiger partial charge >= 0.3 is 0 Å². The molecule has 2 aromatic carbocycles. The quantitative estimate of drug-likeness (QED) is 0.306. The van der Waals surface area contributed by atoms with Gasteiger partial charge in [0.1, 0.15) is 43.0 Å². The van der Waals surface area contributed by atoms with Crippen molar-refractivity contribution in [1.82, 2.24) is 30.0 Å². The maximum Gasteiger partial charge on any atom is 0.251 e. The van der Waals surface area contributed by atoms with E-state index in [1.807, 2.05) is 6.92 Å². The normalized spacial score (nSPS) is 11.3. The van der Waals surface area contributed by atoms with Crippen molar-refractivity contribution < 1.29 is 18.7 Å². The zero-order valence-corrected chi connectivity index (χ0v) is 20.8. The number of ether oxygens (including phenoxy) is 2. The maximum absolute atomic E-state index is 12.3. The SMILES string of the molecule is COc1cc(C(=O)NCCF)ccc1Nc1ncc(-c2ccc(C#N)c(OC(C)Cn3cncn3)c2)cn1. The highest BCUT2D eigenvalue weighted by Crippen LogP contribution is 2.30. The average molecular weight is 517 g/mol. The number of alkyl halides is 1. The number of hydrogen-bond acceptors (Lipinski definition) is 9. The van der Waals surface area contributed by atoms with Gasteiger partial charge < -0.3 is 20.1 Å². The minimum atomic E-state index is -0.643. The Kier molecular flexibility index (Phi) is 8.40. The number of aromatic nitrogens is 5. The Morgan fingerprint density at radius 3 is 2.66 bits per heavy atom. The average Bonchev–Trinajstić information content (AvgIpc) is 3.45. The Bertz CT molecular complexity index is 1420. The van der Waals surface area contributed by atoms with Crippen molar-refractivity contribution in [3.8, 4) is 28.7 Å². The van der Waals surface area contributed by atoms with Crippen LogP contribution in [0.2, 0.25) is 0 Å². The summed E-state index contributed by atoms with van der Waals surface area (Å²) in [7, 11) is 1.48. The summed E-state index contributed by atoms with van der Waals surface area (Å²) in [6.07, 6.45) is 6.09. The van der Waals surface area contributed by atoms with Crippen LogP contribution in [0, 0.1) is 11.3 Å². The first-order valence-corrected chi connectivity index (χ1v) is 11.7. The molecule has 1 unspecified atom stereocenters. The lowest BCUT2D eigenvalue weighted by molar-refractivity contribution is 0.0950. The van der Waals surface area contributed by atoms with Crippen LogP contribution >= 0.6 is 0 Å². The molecule has 12 heteroatoms. The fraction of sp³-hybridized carbons (Fsp3) is 0.231. The smallest absolute Gasteiger partial charge is 0.251 e. The van der Waals surface area contributed by atoms with Crippen LogP contribution in [0.1, 0.15) is 22.8 Å². The summed E-state index contributed by atoms with van der Waals surface area (Å²) in [5, 5.41) is 19.1. The summed E-state index contributed by atoms with van der Waals surface area (Å²) in [6, 6.07) is 12.2. The number of benzene rings is 2. The number of anilines is 2. The van der Waals surface area contributed by atoms with Gasteiger partial charge in [0.05, 0.1) is 24.9 Å². The van der Waals surface area contributed by atoms with Crippen molar-refractivity contribution in [3.05, 3.63) is 72.6 Å². The number of nitrogens with zero attached hydrogens (tertiary/aromatic N) is 6. The molecule has 2 N–H and O–H groups in total. The van der Waals surface area contributed by atoms with Crippen molar-refractivity contribution in [2.75, 3.05) is 25.6 Å². The topological polar surface area (TPSA) is 140 Å². The van der Waals surface area contributed by atoms with Crippen molar-refractivity contribution in [2.24, 2.45) is 0 Å². The van der Waals surface area contributed by atoms with Gasteiger partial charge in [-0.15, -0.1) is 0 Å². The number of carbonyl (C=O) groups excluding carboxylic acids is 1. The fourth-order valence-electron chi connectivity index (χ4n) is 3.60. The van der Waals surface area contributed by atoms with E-state index in [0.717, 1.165) is 11.1 Å². The molecule has 0 aliphatic rings. The molecule has 11 nitrogen and oxygen atoms in total. The summed E-state index contributed by atoms with van der Waals surface area (Å²) in [5.41, 5.74) is 2.80. The second-order valence-corrected chi connectivity index (χ2v) is 8.15. The third-order valence-electron chi connectivity index (χ3n) is 5.42. The number of halogens is 1. The lowest BCUT2D eigenvalue weighted by atomic mass is 10.1. The molecule has 0 aliphatic carbocycles. The molecule has 1 amide bonds. The molecule has 38 heavy (non-hydrogen) atoms. The molecule has 2 heterocycles. The number of rotatable bonds is 11. The van der Waals surface area contributed by atoms with E-state index < -0.39 is 12.6 Å². The summed E-state index contributed by atoms with van der Waals surface area (Å²) in [6.45, 7) is 1.66. The fourth-order valence-corrected chi connectivity index (χ4v) is 3.60. The third-order valence-corrected chi connectivity index (χ3v) is 5.42. The van der Waals surface area contributed by atoms with Crippen molar-refractivity contribution in [2.45, 2.75) is 19.6 Å². The molecule has 0 radical (unpaired) electrons. The lowest BCUT2D eigenvalue weighted by Crippen LogP contribution is -2.25. The highest BCUT2D eigenvalue weighted by molar-refractivity contribution is 5.95. The number of hydrogen-bond donors (Lipinski definition) is 2. The first-order chi connectivity index (χ1) is 18.5. The number of carbonyl (C=O) groups is 1. The maximum atomic E-state index is 12.3. The number of nitriles is 1. The van der Waals surface area contributed by atoms with Crippen molar-refractivity contribution >= 4 is 17.5 Å². The second kappa shape index (κ2) is 12.3. The van der Waals surface area contributed by atoms with Crippen LogP contribution in [-0.4, -0.2) is 57.1 Å². The van der Waals surface area contributed by atoms with E-state index in [1.54, 1.807) is 59.8 Å². The second-order valence-electron chi connectivity index (χ2n) is 8.15. The van der Waals surface area contributed by atoms with Gasteiger partial charge in [0, 0.05) is 30.1 Å². The summed E-state index contributed by atoms with van der Waals surface area (Å²) in [5.74, 6) is 0.763. The minimum Gasteiger partial charge on any atom is -0.495 e. The van der Waals surface area contributed by atoms with E-state index in [4.69, 9.17) is 9.47 Å². The molecule has 0 saturated carbocycles. The first-order valence-electron chi connectivity index (χ1n) is 11.7. The zero-order chi connectivity index (χ0) is 26.9. The predicted molar refractivity (Wildman–Crippen MR) is 137 cm³/mol. The molecule has 1 atom stereocenters. The van der Waals surface area contributed by atoms with Crippen LogP contribution in [0.25, 0.3) is 11.1 Å². The molecule has 194 valence electrons. The van der Waals surface area contributed by atoms with Crippen LogP contribution in [0.5, 0.6) is 11.5 Å².